The van der Waals surface area contributed by atoms with E-state index < -0.39 is 25.8 Å². The molecule has 0 aliphatic carbocycles. The third-order valence-electron chi connectivity index (χ3n) is 0.775. The van der Waals surface area contributed by atoms with Crippen LogP contribution in [0.4, 0.5) is 0 Å². The van der Waals surface area contributed by atoms with Crippen LogP contribution in [0.5, 0.6) is 0 Å². The number of hydrogen-bond acceptors (Lipinski definition) is 3. The maximum atomic E-state index is 10.4. The molecule has 12 heavy (non-hydrogen) atoms. The Morgan fingerprint density at radius 3 is 1.33 bits per heavy atom. The van der Waals surface area contributed by atoms with Gasteiger partial charge in [0.1, 0.15) is 0 Å². The molecule has 0 rings (SSSR count). The number of carbonyl (C=O) groups is 1. The van der Waals surface area contributed by atoms with Gasteiger partial charge in [-0.1, -0.05) is 0 Å². The van der Waals surface area contributed by atoms with Crippen molar-refractivity contribution in [3.8, 4) is 0 Å². The van der Waals surface area contributed by atoms with Crippen LogP contribution >= 0.6 is 15.5 Å². The summed E-state index contributed by atoms with van der Waals surface area (Å²) in [5, 5.41) is 0. The molecule has 1 amide bonds. The van der Waals surface area contributed by atoms with E-state index in [1.165, 1.54) is 0 Å². The lowest BCUT2D eigenvalue weighted by Crippen LogP contribution is -2.21. The zero-order valence-corrected chi connectivity index (χ0v) is 7.64. The summed E-state index contributed by atoms with van der Waals surface area (Å²) in [6, 6.07) is 0. The first kappa shape index (κ1) is 11.8. The molecule has 0 aliphatic rings. The predicted octanol–water partition coefficient (Wildman–Crippen LogP) is -0.980. The molecular weight excluding hydrogens is 212 g/mol. The van der Waals surface area contributed by atoms with Crippen LogP contribution in [-0.2, 0) is 13.9 Å². The van der Waals surface area contributed by atoms with E-state index in [9.17, 15) is 13.9 Å². The third kappa shape index (κ3) is 3.02. The first-order valence-corrected chi connectivity index (χ1v) is 5.62. The highest BCUT2D eigenvalue weighted by atomic mass is 31.3. The van der Waals surface area contributed by atoms with E-state index in [4.69, 9.17) is 19.6 Å². The molecule has 8 nitrogen and oxygen atoms in total. The summed E-state index contributed by atoms with van der Waals surface area (Å²) < 4.78 is 19.9. The Bertz CT molecular complexity index is 251. The summed E-state index contributed by atoms with van der Waals surface area (Å²) in [5.74, 6) is -1.39. The molecule has 0 atom stereocenters. The maximum absolute atomic E-state index is 10.4. The van der Waals surface area contributed by atoms with Gasteiger partial charge in [-0.25, -0.2) is 9.13 Å². The molecule has 0 saturated carbocycles. The van der Waals surface area contributed by atoms with Crippen LogP contribution in [0.15, 0.2) is 0 Å². The average Bonchev–Trinajstić information content (AvgIpc) is 1.49. The molecular formula is C2H7NO7P2. The summed E-state index contributed by atoms with van der Waals surface area (Å²) in [6.07, 6.45) is 0. The molecule has 0 aromatic carbocycles. The van der Waals surface area contributed by atoms with Gasteiger partial charge in [0.15, 0.2) is 0 Å². The van der Waals surface area contributed by atoms with Crippen molar-refractivity contribution in [2.45, 2.75) is 6.92 Å². The Morgan fingerprint density at radius 2 is 1.33 bits per heavy atom. The van der Waals surface area contributed by atoms with Gasteiger partial charge in [-0.05, 0) is 0 Å². The number of amides is 1. The third-order valence-corrected chi connectivity index (χ3v) is 3.72. The first-order valence-electron chi connectivity index (χ1n) is 2.49. The molecule has 0 heterocycles. The summed E-state index contributed by atoms with van der Waals surface area (Å²) >= 11 is 0. The Hall–Kier alpha value is -0.230. The topological polar surface area (TPSA) is 135 Å². The van der Waals surface area contributed by atoms with Crippen LogP contribution in [0.3, 0.4) is 0 Å². The van der Waals surface area contributed by atoms with Crippen molar-refractivity contribution in [3.63, 3.8) is 0 Å². The Kier molecular flexibility index (Phi) is 3.19. The Morgan fingerprint density at radius 1 is 1.08 bits per heavy atom. The van der Waals surface area contributed by atoms with Gasteiger partial charge < -0.3 is 19.6 Å². The molecule has 0 aromatic heterocycles. The van der Waals surface area contributed by atoms with Gasteiger partial charge in [0.2, 0.25) is 5.91 Å². The molecule has 0 saturated heterocycles. The molecule has 0 spiro atoms. The van der Waals surface area contributed by atoms with Gasteiger partial charge in [0, 0.05) is 6.92 Å². The Labute approximate surface area is 67.2 Å². The quantitative estimate of drug-likeness (QED) is 0.438. The highest BCUT2D eigenvalue weighted by Crippen LogP contribution is 2.57. The van der Waals surface area contributed by atoms with Gasteiger partial charge in [0.25, 0.3) is 0 Å². The second-order valence-corrected chi connectivity index (χ2v) is 5.00. The van der Waals surface area contributed by atoms with Crippen LogP contribution in [0, 0.1) is 0 Å². The van der Waals surface area contributed by atoms with Crippen molar-refractivity contribution >= 4 is 21.4 Å². The SMILES string of the molecule is CC(=O)N(P(=O)(O)O)P(=O)(O)O. The largest absolute Gasteiger partial charge is 0.441 e. The van der Waals surface area contributed by atoms with E-state index in [1.54, 1.807) is 0 Å². The molecule has 0 aliphatic heterocycles. The van der Waals surface area contributed by atoms with Crippen molar-refractivity contribution in [2.24, 2.45) is 0 Å². The number of carbonyl (C=O) groups excluding carboxylic acids is 1. The molecule has 72 valence electrons. The summed E-state index contributed by atoms with van der Waals surface area (Å²) in [5.41, 5.74) is 0. The fourth-order valence-electron chi connectivity index (χ4n) is 0.519. The molecule has 0 aromatic rings. The molecule has 0 unspecified atom stereocenters. The average molecular weight is 219 g/mol. The van der Waals surface area contributed by atoms with Gasteiger partial charge in [-0.15, -0.1) is 0 Å². The lowest BCUT2D eigenvalue weighted by Gasteiger charge is -2.21. The highest BCUT2D eigenvalue weighted by molar-refractivity contribution is 7.66. The smallest absolute Gasteiger partial charge is 0.308 e. The molecule has 0 radical (unpaired) electrons. The first-order chi connectivity index (χ1) is 5.07. The van der Waals surface area contributed by atoms with Gasteiger partial charge in [0.05, 0.1) is 0 Å². The second-order valence-electron chi connectivity index (χ2n) is 1.84. The van der Waals surface area contributed by atoms with Gasteiger partial charge in [-0.3, -0.25) is 4.79 Å². The Balaban J connectivity index is 5.11. The van der Waals surface area contributed by atoms with Crippen molar-refractivity contribution in [2.75, 3.05) is 0 Å². The van der Waals surface area contributed by atoms with Crippen molar-refractivity contribution in [3.05, 3.63) is 0 Å². The van der Waals surface area contributed by atoms with Gasteiger partial charge >= 0.3 is 15.5 Å². The van der Waals surface area contributed by atoms with E-state index in [1.807, 2.05) is 0 Å². The normalized spacial score (nSPS) is 12.8. The monoisotopic (exact) mass is 219 g/mol. The zero-order chi connectivity index (χ0) is 10.2. The van der Waals surface area contributed by atoms with Gasteiger partial charge in [-0.2, -0.15) is 4.44 Å². The summed E-state index contributed by atoms with van der Waals surface area (Å²) in [7, 11) is -10.5. The lowest BCUT2D eigenvalue weighted by molar-refractivity contribution is -0.122. The van der Waals surface area contributed by atoms with Crippen LogP contribution in [0.1, 0.15) is 6.92 Å². The van der Waals surface area contributed by atoms with Crippen LogP contribution in [-0.4, -0.2) is 29.9 Å². The molecule has 0 fully saturated rings. The number of rotatable bonds is 2. The number of hydrogen-bond donors (Lipinski definition) is 4. The zero-order valence-electron chi connectivity index (χ0n) is 5.86. The summed E-state index contributed by atoms with van der Waals surface area (Å²) in [6.45, 7) is 0.637. The molecule has 10 heteroatoms. The maximum Gasteiger partial charge on any atom is 0.441 e. The van der Waals surface area contributed by atoms with Crippen LogP contribution in [0.2, 0.25) is 0 Å². The molecule has 0 bridgehead atoms. The minimum atomic E-state index is -5.23. The summed E-state index contributed by atoms with van der Waals surface area (Å²) in [4.78, 5) is 43.6. The minimum absolute atomic E-state index is 0.637. The van der Waals surface area contributed by atoms with Crippen LogP contribution < -0.4 is 0 Å². The van der Waals surface area contributed by atoms with E-state index >= 15 is 0 Å². The predicted molar refractivity (Wildman–Crippen MR) is 36.6 cm³/mol. The van der Waals surface area contributed by atoms with E-state index in [2.05, 4.69) is 0 Å². The number of nitrogens with zero attached hydrogens (tertiary/aromatic N) is 1. The van der Waals surface area contributed by atoms with Crippen molar-refractivity contribution in [1.29, 1.82) is 0 Å². The second kappa shape index (κ2) is 3.26. The van der Waals surface area contributed by atoms with Crippen LogP contribution in [0.25, 0.3) is 0 Å². The molecule has 4 N–H and O–H groups in total. The highest BCUT2D eigenvalue weighted by Gasteiger charge is 2.41. The standard InChI is InChI=1S/C2H7NO7P2/c1-2(4)3(11(5,6)7)12(8,9)10/h1H3,(H2,5,6,7)(H2,8,9,10). The van der Waals surface area contributed by atoms with Crippen molar-refractivity contribution < 1.29 is 33.5 Å². The lowest BCUT2D eigenvalue weighted by atomic mass is 10.8. The van der Waals surface area contributed by atoms with E-state index in [0.29, 0.717) is 6.92 Å². The minimum Gasteiger partial charge on any atom is -0.308 e. The van der Waals surface area contributed by atoms with E-state index in [0.717, 1.165) is 0 Å². The fraction of sp³-hybridized carbons (Fsp3) is 0.500. The van der Waals surface area contributed by atoms with Crippen molar-refractivity contribution in [1.82, 2.24) is 4.44 Å². The van der Waals surface area contributed by atoms with E-state index in [-0.39, 0.29) is 0 Å². The fourth-order valence-corrected chi connectivity index (χ4v) is 2.47.